The van der Waals surface area contributed by atoms with Crippen LogP contribution in [0.25, 0.3) is 0 Å². The summed E-state index contributed by atoms with van der Waals surface area (Å²) in [6.07, 6.45) is -0.421. The maximum absolute atomic E-state index is 14.1. The van der Waals surface area contributed by atoms with E-state index in [0.717, 1.165) is 11.1 Å². The van der Waals surface area contributed by atoms with E-state index in [-0.39, 0.29) is 28.9 Å². The van der Waals surface area contributed by atoms with E-state index in [1.165, 1.54) is 0 Å². The molecule has 5 atom stereocenters. The normalized spacial score (nSPS) is 36.3. The molecule has 0 radical (unpaired) electrons. The van der Waals surface area contributed by atoms with Crippen molar-refractivity contribution >= 4 is 0 Å². The maximum atomic E-state index is 14.1. The van der Waals surface area contributed by atoms with Crippen LogP contribution in [0, 0.1) is 5.21 Å². The van der Waals surface area contributed by atoms with E-state index in [1.807, 2.05) is 81.4 Å². The number of hydrogen-bond acceptors (Lipinski definition) is 3. The highest BCUT2D eigenvalue weighted by Gasteiger charge is 2.62. The molecule has 132 valence electrons. The van der Waals surface area contributed by atoms with Crippen LogP contribution in [0.2, 0.25) is 0 Å². The van der Waals surface area contributed by atoms with Gasteiger partial charge in [-0.1, -0.05) is 60.7 Å². The first kappa shape index (κ1) is 16.7. The Labute approximate surface area is 149 Å². The largest absolute Gasteiger partial charge is 0.632 e. The molecule has 2 fully saturated rings. The summed E-state index contributed by atoms with van der Waals surface area (Å²) in [7, 11) is 0. The van der Waals surface area contributed by atoms with Gasteiger partial charge in [0.05, 0.1) is 0 Å². The lowest BCUT2D eigenvalue weighted by Crippen LogP contribution is -2.50. The SMILES string of the molecule is C[C@H]1[C@H]2OC(C)(C)O[C@H]2[C@@H](c2ccccc2)[N@+]1([O-])Cc1ccccc1. The highest BCUT2D eigenvalue weighted by atomic mass is 16.8. The quantitative estimate of drug-likeness (QED) is 0.623. The van der Waals surface area contributed by atoms with E-state index >= 15 is 0 Å². The Kier molecular flexibility index (Phi) is 3.96. The molecular weight excluding hydrogens is 314 g/mol. The molecule has 2 aromatic carbocycles. The summed E-state index contributed by atoms with van der Waals surface area (Å²) in [5.41, 5.74) is 2.07. The number of quaternary nitrogens is 1. The van der Waals surface area contributed by atoms with Crippen LogP contribution in [0.5, 0.6) is 0 Å². The minimum absolute atomic E-state index is 0.193. The molecule has 2 aliphatic heterocycles. The molecule has 0 unspecified atom stereocenters. The number of nitrogens with zero attached hydrogens (tertiary/aromatic N) is 1. The smallest absolute Gasteiger partial charge is 0.164 e. The molecule has 2 aromatic rings. The topological polar surface area (TPSA) is 41.5 Å². The second kappa shape index (κ2) is 5.92. The zero-order valence-electron chi connectivity index (χ0n) is 15.0. The van der Waals surface area contributed by atoms with Gasteiger partial charge in [0.25, 0.3) is 0 Å². The monoisotopic (exact) mass is 339 g/mol. The summed E-state index contributed by atoms with van der Waals surface area (Å²) < 4.78 is 12.0. The summed E-state index contributed by atoms with van der Waals surface area (Å²) in [4.78, 5) is 0. The maximum Gasteiger partial charge on any atom is 0.164 e. The molecule has 4 heteroatoms. The first-order valence-corrected chi connectivity index (χ1v) is 8.94. The number of likely N-dealkylation sites (tertiary alicyclic amines) is 1. The summed E-state index contributed by atoms with van der Waals surface area (Å²) in [6.45, 7) is 6.27. The van der Waals surface area contributed by atoms with Crippen molar-refractivity contribution in [1.29, 1.82) is 0 Å². The highest BCUT2D eigenvalue weighted by Crippen LogP contribution is 2.51. The fourth-order valence-corrected chi connectivity index (χ4v) is 4.39. The Balaban J connectivity index is 1.76. The van der Waals surface area contributed by atoms with Crippen LogP contribution in [0.15, 0.2) is 60.7 Å². The molecule has 0 spiro atoms. The van der Waals surface area contributed by atoms with E-state index in [4.69, 9.17) is 9.47 Å². The Morgan fingerprint density at radius 2 is 1.48 bits per heavy atom. The Hall–Kier alpha value is -1.72. The van der Waals surface area contributed by atoms with Crippen molar-refractivity contribution in [3.63, 3.8) is 0 Å². The molecule has 2 aliphatic rings. The third-order valence-electron chi connectivity index (χ3n) is 5.52. The molecule has 0 saturated carbocycles. The van der Waals surface area contributed by atoms with Crippen LogP contribution >= 0.6 is 0 Å². The van der Waals surface area contributed by atoms with Gasteiger partial charge in [0.15, 0.2) is 5.79 Å². The molecule has 4 nitrogen and oxygen atoms in total. The third kappa shape index (κ3) is 2.79. The van der Waals surface area contributed by atoms with Crippen LogP contribution in [-0.4, -0.2) is 28.7 Å². The van der Waals surface area contributed by atoms with Gasteiger partial charge in [-0.25, -0.2) is 0 Å². The van der Waals surface area contributed by atoms with Gasteiger partial charge < -0.3 is 19.3 Å². The number of rotatable bonds is 3. The molecule has 2 heterocycles. The number of hydrogen-bond donors (Lipinski definition) is 0. The van der Waals surface area contributed by atoms with Crippen LogP contribution < -0.4 is 0 Å². The zero-order chi connectivity index (χ0) is 17.7. The minimum atomic E-state index is -0.644. The van der Waals surface area contributed by atoms with Crippen molar-refractivity contribution < 1.29 is 14.1 Å². The van der Waals surface area contributed by atoms with Crippen LogP contribution in [0.3, 0.4) is 0 Å². The average molecular weight is 339 g/mol. The van der Waals surface area contributed by atoms with Crippen molar-refractivity contribution in [3.8, 4) is 0 Å². The number of benzene rings is 2. The predicted molar refractivity (Wildman–Crippen MR) is 96.2 cm³/mol. The third-order valence-corrected chi connectivity index (χ3v) is 5.52. The molecule has 0 bridgehead atoms. The van der Waals surface area contributed by atoms with Gasteiger partial charge in [0, 0.05) is 11.1 Å². The van der Waals surface area contributed by atoms with Crippen LogP contribution in [0.1, 0.15) is 37.9 Å². The average Bonchev–Trinajstić information content (AvgIpc) is 2.99. The van der Waals surface area contributed by atoms with E-state index in [1.54, 1.807) is 0 Å². The Morgan fingerprint density at radius 1 is 0.920 bits per heavy atom. The molecule has 25 heavy (non-hydrogen) atoms. The molecule has 0 N–H and O–H groups in total. The van der Waals surface area contributed by atoms with Gasteiger partial charge in [0.2, 0.25) is 0 Å². The fourth-order valence-electron chi connectivity index (χ4n) is 4.39. The van der Waals surface area contributed by atoms with Gasteiger partial charge >= 0.3 is 0 Å². The summed E-state index contributed by atoms with van der Waals surface area (Å²) >= 11 is 0. The van der Waals surface area contributed by atoms with Crippen LogP contribution in [-0.2, 0) is 16.0 Å². The highest BCUT2D eigenvalue weighted by molar-refractivity contribution is 5.23. The summed E-state index contributed by atoms with van der Waals surface area (Å²) in [5, 5.41) is 14.1. The lowest BCUT2D eigenvalue weighted by atomic mass is 10.0. The summed E-state index contributed by atoms with van der Waals surface area (Å²) in [5.74, 6) is -0.644. The number of fused-ring (bicyclic) bond motifs is 1. The van der Waals surface area contributed by atoms with E-state index in [0.29, 0.717) is 6.54 Å². The minimum Gasteiger partial charge on any atom is -0.632 e. The van der Waals surface area contributed by atoms with Gasteiger partial charge in [-0.3, -0.25) is 0 Å². The Morgan fingerprint density at radius 3 is 2.12 bits per heavy atom. The standard InChI is InChI=1S/C21H25NO3/c1-15-19-20(25-21(2,3)24-19)18(17-12-8-5-9-13-17)22(15,23)14-16-10-6-4-7-11-16/h4-13,15,18-20H,14H2,1-3H3/t15-,18+,19+,20-,22-/m0/s1. The van der Waals surface area contributed by atoms with Gasteiger partial charge in [-0.2, -0.15) is 0 Å². The van der Waals surface area contributed by atoms with E-state index < -0.39 is 5.79 Å². The van der Waals surface area contributed by atoms with Gasteiger partial charge in [-0.15, -0.1) is 0 Å². The van der Waals surface area contributed by atoms with E-state index in [2.05, 4.69) is 0 Å². The molecule has 0 aliphatic carbocycles. The van der Waals surface area contributed by atoms with Crippen molar-refractivity contribution in [3.05, 3.63) is 77.0 Å². The zero-order valence-corrected chi connectivity index (χ0v) is 15.0. The Bertz CT molecular complexity index is 733. The molecular formula is C21H25NO3. The molecule has 0 amide bonds. The van der Waals surface area contributed by atoms with Gasteiger partial charge in [-0.05, 0) is 20.8 Å². The van der Waals surface area contributed by atoms with E-state index in [9.17, 15) is 5.21 Å². The first-order valence-electron chi connectivity index (χ1n) is 8.94. The van der Waals surface area contributed by atoms with Crippen molar-refractivity contribution in [2.24, 2.45) is 0 Å². The van der Waals surface area contributed by atoms with Crippen molar-refractivity contribution in [2.45, 2.75) is 57.4 Å². The molecule has 2 saturated heterocycles. The summed E-state index contributed by atoms with van der Waals surface area (Å²) in [6, 6.07) is 19.5. The van der Waals surface area contributed by atoms with Gasteiger partial charge in [0.1, 0.15) is 30.8 Å². The lowest BCUT2D eigenvalue weighted by Gasteiger charge is -2.49. The molecule has 0 aromatic heterocycles. The van der Waals surface area contributed by atoms with Crippen molar-refractivity contribution in [1.82, 2.24) is 0 Å². The number of ether oxygens (including phenoxy) is 2. The second-order valence-electron chi connectivity index (χ2n) is 7.66. The number of hydroxylamine groups is 3. The van der Waals surface area contributed by atoms with Crippen LogP contribution in [0.4, 0.5) is 0 Å². The first-order chi connectivity index (χ1) is 11.9. The van der Waals surface area contributed by atoms with Crippen molar-refractivity contribution in [2.75, 3.05) is 0 Å². The predicted octanol–water partition coefficient (Wildman–Crippen LogP) is 4.16. The fraction of sp³-hybridized carbons (Fsp3) is 0.429. The lowest BCUT2D eigenvalue weighted by molar-refractivity contribution is -0.936. The second-order valence-corrected chi connectivity index (χ2v) is 7.66. The molecule has 4 rings (SSSR count).